The zero-order valence-electron chi connectivity index (χ0n) is 14.1. The third-order valence-electron chi connectivity index (χ3n) is 3.75. The number of aromatic amines is 1. The van der Waals surface area contributed by atoms with Gasteiger partial charge in [0.05, 0.1) is 22.4 Å². The second-order valence-corrected chi connectivity index (χ2v) is 9.50. The molecular weight excluding hydrogens is 356 g/mol. The first-order valence-electron chi connectivity index (χ1n) is 7.93. The Balaban J connectivity index is 1.65. The predicted molar refractivity (Wildman–Crippen MR) is 101 cm³/mol. The molecule has 0 aliphatic carbocycles. The lowest BCUT2D eigenvalue weighted by atomic mass is 10.2. The van der Waals surface area contributed by atoms with E-state index < -0.39 is 9.84 Å². The molecule has 0 bridgehead atoms. The van der Waals surface area contributed by atoms with E-state index in [0.717, 1.165) is 22.0 Å². The highest BCUT2D eigenvalue weighted by molar-refractivity contribution is 7.91. The van der Waals surface area contributed by atoms with Crippen LogP contribution in [0.2, 0.25) is 0 Å². The average molecular weight is 377 g/mol. The normalized spacial score (nSPS) is 11.8. The number of thiophene rings is 1. The van der Waals surface area contributed by atoms with Crippen molar-refractivity contribution >= 4 is 26.9 Å². The molecule has 2 aromatic heterocycles. The van der Waals surface area contributed by atoms with Gasteiger partial charge in [-0.2, -0.15) is 5.10 Å². The Morgan fingerprint density at radius 1 is 1.24 bits per heavy atom. The van der Waals surface area contributed by atoms with Gasteiger partial charge in [-0.05, 0) is 43.0 Å². The fourth-order valence-corrected chi connectivity index (χ4v) is 3.88. The highest BCUT2D eigenvalue weighted by Crippen LogP contribution is 2.21. The first-order chi connectivity index (χ1) is 11.9. The van der Waals surface area contributed by atoms with Crippen molar-refractivity contribution in [2.24, 2.45) is 0 Å². The van der Waals surface area contributed by atoms with E-state index in [1.54, 1.807) is 25.2 Å². The molecule has 0 fully saturated rings. The first kappa shape index (κ1) is 17.6. The molecule has 2 heterocycles. The van der Waals surface area contributed by atoms with E-state index in [1.807, 2.05) is 41.8 Å². The Morgan fingerprint density at radius 2 is 2.08 bits per heavy atom. The monoisotopic (exact) mass is 376 g/mol. The van der Waals surface area contributed by atoms with Gasteiger partial charge in [0.1, 0.15) is 5.82 Å². The predicted octanol–water partition coefficient (Wildman–Crippen LogP) is 3.47. The van der Waals surface area contributed by atoms with E-state index in [2.05, 4.69) is 20.5 Å². The number of nitrogens with one attached hydrogen (secondary N) is 2. The van der Waals surface area contributed by atoms with Gasteiger partial charge in [0.25, 0.3) is 0 Å². The van der Waals surface area contributed by atoms with Crippen LogP contribution in [0.25, 0.3) is 10.7 Å². The lowest BCUT2D eigenvalue weighted by Gasteiger charge is -2.10. The van der Waals surface area contributed by atoms with Gasteiger partial charge in [-0.15, -0.1) is 11.3 Å². The topological polar surface area (TPSA) is 87.7 Å². The standard InChI is InChI=1S/C17H20N4O2S2/c1-12(2)25(22,23)11-13-5-3-6-14(9-13)18-10-16-19-17(21-20-16)15-7-4-8-24-15/h3-9,12,18H,10-11H2,1-2H3,(H,19,20,21). The molecule has 0 radical (unpaired) electrons. The van der Waals surface area contributed by atoms with Gasteiger partial charge in [-0.3, -0.25) is 5.10 Å². The zero-order chi connectivity index (χ0) is 17.9. The van der Waals surface area contributed by atoms with Gasteiger partial charge in [-0.25, -0.2) is 13.4 Å². The SMILES string of the molecule is CC(C)S(=O)(=O)Cc1cccc(NCc2nc(-c3cccs3)n[nH]2)c1. The average Bonchev–Trinajstić information content (AvgIpc) is 3.24. The summed E-state index contributed by atoms with van der Waals surface area (Å²) in [5, 5.41) is 12.0. The summed E-state index contributed by atoms with van der Waals surface area (Å²) in [7, 11) is -3.11. The molecule has 0 atom stereocenters. The molecule has 6 nitrogen and oxygen atoms in total. The van der Waals surface area contributed by atoms with Crippen molar-refractivity contribution in [3.8, 4) is 10.7 Å². The van der Waals surface area contributed by atoms with Crippen LogP contribution in [0.3, 0.4) is 0 Å². The van der Waals surface area contributed by atoms with Crippen LogP contribution < -0.4 is 5.32 Å². The van der Waals surface area contributed by atoms with Gasteiger partial charge in [0.15, 0.2) is 15.7 Å². The van der Waals surface area contributed by atoms with Crippen LogP contribution >= 0.6 is 11.3 Å². The van der Waals surface area contributed by atoms with E-state index in [9.17, 15) is 8.42 Å². The Hall–Kier alpha value is -2.19. The molecule has 0 aliphatic rings. The highest BCUT2D eigenvalue weighted by Gasteiger charge is 2.16. The largest absolute Gasteiger partial charge is 0.378 e. The van der Waals surface area contributed by atoms with Crippen molar-refractivity contribution in [3.63, 3.8) is 0 Å². The number of aromatic nitrogens is 3. The lowest BCUT2D eigenvalue weighted by molar-refractivity contribution is 0.586. The molecule has 132 valence electrons. The number of hydrogen-bond acceptors (Lipinski definition) is 6. The number of anilines is 1. The molecular formula is C17H20N4O2S2. The molecule has 0 aliphatic heterocycles. The van der Waals surface area contributed by atoms with Gasteiger partial charge in [0.2, 0.25) is 0 Å². The summed E-state index contributed by atoms with van der Waals surface area (Å²) in [5.41, 5.74) is 1.63. The fraction of sp³-hybridized carbons (Fsp3) is 0.294. The van der Waals surface area contributed by atoms with Crippen molar-refractivity contribution < 1.29 is 8.42 Å². The summed E-state index contributed by atoms with van der Waals surface area (Å²) < 4.78 is 24.1. The first-order valence-corrected chi connectivity index (χ1v) is 10.5. The summed E-state index contributed by atoms with van der Waals surface area (Å²) in [6, 6.07) is 11.4. The molecule has 1 aromatic carbocycles. The Morgan fingerprint density at radius 3 is 2.80 bits per heavy atom. The van der Waals surface area contributed by atoms with Crippen LogP contribution in [-0.2, 0) is 22.1 Å². The van der Waals surface area contributed by atoms with E-state index in [4.69, 9.17) is 0 Å². The fourth-order valence-electron chi connectivity index (χ4n) is 2.25. The highest BCUT2D eigenvalue weighted by atomic mass is 32.2. The van der Waals surface area contributed by atoms with E-state index in [0.29, 0.717) is 12.4 Å². The number of sulfone groups is 1. The van der Waals surface area contributed by atoms with Crippen LogP contribution in [0, 0.1) is 0 Å². The third kappa shape index (κ3) is 4.46. The molecule has 0 saturated heterocycles. The minimum atomic E-state index is -3.11. The molecule has 0 amide bonds. The number of H-pyrrole nitrogens is 1. The van der Waals surface area contributed by atoms with E-state index >= 15 is 0 Å². The van der Waals surface area contributed by atoms with Crippen LogP contribution in [0.5, 0.6) is 0 Å². The van der Waals surface area contributed by atoms with Crippen molar-refractivity contribution in [2.75, 3.05) is 5.32 Å². The van der Waals surface area contributed by atoms with Crippen molar-refractivity contribution in [1.29, 1.82) is 0 Å². The van der Waals surface area contributed by atoms with Crippen molar-refractivity contribution in [2.45, 2.75) is 31.4 Å². The third-order valence-corrected chi connectivity index (χ3v) is 6.78. The summed E-state index contributed by atoms with van der Waals surface area (Å²) >= 11 is 1.59. The molecule has 0 unspecified atom stereocenters. The minimum absolute atomic E-state index is 0.0466. The second kappa shape index (κ2) is 7.37. The lowest BCUT2D eigenvalue weighted by Crippen LogP contribution is -2.16. The maximum absolute atomic E-state index is 12.1. The van der Waals surface area contributed by atoms with Crippen LogP contribution in [0.1, 0.15) is 25.2 Å². The maximum atomic E-state index is 12.1. The zero-order valence-corrected chi connectivity index (χ0v) is 15.7. The molecule has 25 heavy (non-hydrogen) atoms. The molecule has 0 spiro atoms. The summed E-state index contributed by atoms with van der Waals surface area (Å²) in [5.74, 6) is 1.46. The molecule has 8 heteroatoms. The molecule has 2 N–H and O–H groups in total. The number of hydrogen-bond donors (Lipinski definition) is 2. The van der Waals surface area contributed by atoms with E-state index in [1.165, 1.54) is 0 Å². The number of nitrogens with zero attached hydrogens (tertiary/aromatic N) is 2. The second-order valence-electron chi connectivity index (χ2n) is 5.99. The molecule has 0 saturated carbocycles. The van der Waals surface area contributed by atoms with Gasteiger partial charge >= 0.3 is 0 Å². The smallest absolute Gasteiger partial charge is 0.191 e. The Kier molecular flexibility index (Phi) is 5.19. The maximum Gasteiger partial charge on any atom is 0.191 e. The van der Waals surface area contributed by atoms with Crippen molar-refractivity contribution in [1.82, 2.24) is 15.2 Å². The quantitative estimate of drug-likeness (QED) is 0.659. The minimum Gasteiger partial charge on any atom is -0.378 e. The Bertz CT molecular complexity index is 931. The summed E-state index contributed by atoms with van der Waals surface area (Å²) in [4.78, 5) is 5.48. The van der Waals surface area contributed by atoms with Crippen LogP contribution in [0.15, 0.2) is 41.8 Å². The number of benzene rings is 1. The van der Waals surface area contributed by atoms with Gasteiger partial charge < -0.3 is 5.32 Å². The summed E-state index contributed by atoms with van der Waals surface area (Å²) in [6.45, 7) is 3.89. The molecule has 3 aromatic rings. The van der Waals surface area contributed by atoms with E-state index in [-0.39, 0.29) is 11.0 Å². The van der Waals surface area contributed by atoms with Crippen LogP contribution in [0.4, 0.5) is 5.69 Å². The van der Waals surface area contributed by atoms with Crippen molar-refractivity contribution in [3.05, 3.63) is 53.2 Å². The number of rotatable bonds is 7. The molecule has 3 rings (SSSR count). The van der Waals surface area contributed by atoms with Gasteiger partial charge in [0, 0.05) is 5.69 Å². The Labute approximate surface area is 151 Å². The summed E-state index contributed by atoms with van der Waals surface area (Å²) in [6.07, 6.45) is 0. The van der Waals surface area contributed by atoms with Crippen LogP contribution in [-0.4, -0.2) is 28.8 Å². The van der Waals surface area contributed by atoms with Gasteiger partial charge in [-0.1, -0.05) is 18.2 Å².